The number of halogens is 2. The maximum absolute atomic E-state index is 13.6. The van der Waals surface area contributed by atoms with E-state index in [9.17, 15) is 8.78 Å². The molecule has 1 aromatic carbocycles. The van der Waals surface area contributed by atoms with E-state index < -0.39 is 17.7 Å². The first kappa shape index (κ1) is 13.5. The van der Waals surface area contributed by atoms with Gasteiger partial charge in [-0.15, -0.1) is 0 Å². The van der Waals surface area contributed by atoms with E-state index in [4.69, 9.17) is 5.73 Å². The third-order valence-electron chi connectivity index (χ3n) is 3.01. The monoisotopic (exact) mass is 263 g/mol. The van der Waals surface area contributed by atoms with Crippen LogP contribution in [0.1, 0.15) is 28.6 Å². The molecule has 0 saturated heterocycles. The summed E-state index contributed by atoms with van der Waals surface area (Å²) in [6, 6.07) is 5.49. The molecule has 5 heteroatoms. The van der Waals surface area contributed by atoms with Gasteiger partial charge in [-0.1, -0.05) is 12.1 Å². The molecule has 0 amide bonds. The highest BCUT2D eigenvalue weighted by molar-refractivity contribution is 5.27. The molecule has 0 aliphatic carbocycles. The van der Waals surface area contributed by atoms with Crippen LogP contribution in [0.4, 0.5) is 8.78 Å². The van der Waals surface area contributed by atoms with E-state index in [1.54, 1.807) is 6.92 Å². The van der Waals surface area contributed by atoms with E-state index in [0.29, 0.717) is 5.69 Å². The van der Waals surface area contributed by atoms with Crippen LogP contribution in [0.25, 0.3) is 0 Å². The van der Waals surface area contributed by atoms with Gasteiger partial charge in [0.05, 0.1) is 11.4 Å². The molecule has 2 rings (SSSR count). The van der Waals surface area contributed by atoms with Crippen LogP contribution in [-0.2, 0) is 6.42 Å². The first-order valence-corrected chi connectivity index (χ1v) is 5.98. The average molecular weight is 263 g/mol. The summed E-state index contributed by atoms with van der Waals surface area (Å²) < 4.78 is 26.7. The molecule has 0 saturated carbocycles. The van der Waals surface area contributed by atoms with Crippen molar-refractivity contribution >= 4 is 0 Å². The van der Waals surface area contributed by atoms with Gasteiger partial charge >= 0.3 is 0 Å². The molecule has 1 heterocycles. The quantitative estimate of drug-likeness (QED) is 0.926. The van der Waals surface area contributed by atoms with Gasteiger partial charge in [-0.2, -0.15) is 10.2 Å². The SMILES string of the molecule is Cc1cc(C(N)Cc2cccc(F)c2F)c(C)nn1. The number of nitrogens with zero attached hydrogens (tertiary/aromatic N) is 2. The summed E-state index contributed by atoms with van der Waals surface area (Å²) in [6.07, 6.45) is 0.218. The van der Waals surface area contributed by atoms with Gasteiger partial charge in [-0.05, 0) is 43.5 Å². The smallest absolute Gasteiger partial charge is 0.162 e. The van der Waals surface area contributed by atoms with Gasteiger partial charge < -0.3 is 5.73 Å². The highest BCUT2D eigenvalue weighted by Gasteiger charge is 2.15. The van der Waals surface area contributed by atoms with Gasteiger partial charge in [0.15, 0.2) is 11.6 Å². The first-order chi connectivity index (χ1) is 8.99. The molecule has 1 aromatic heterocycles. The number of rotatable bonds is 3. The molecule has 0 spiro atoms. The molecule has 2 N–H and O–H groups in total. The van der Waals surface area contributed by atoms with E-state index in [0.717, 1.165) is 17.3 Å². The van der Waals surface area contributed by atoms with Crippen LogP contribution >= 0.6 is 0 Å². The van der Waals surface area contributed by atoms with Crippen molar-refractivity contribution in [3.8, 4) is 0 Å². The zero-order valence-corrected chi connectivity index (χ0v) is 10.8. The summed E-state index contributed by atoms with van der Waals surface area (Å²) in [7, 11) is 0. The summed E-state index contributed by atoms with van der Waals surface area (Å²) in [4.78, 5) is 0. The lowest BCUT2D eigenvalue weighted by Crippen LogP contribution is -2.17. The van der Waals surface area contributed by atoms with E-state index >= 15 is 0 Å². The Bertz CT molecular complexity index is 599. The summed E-state index contributed by atoms with van der Waals surface area (Å²) >= 11 is 0. The molecule has 0 radical (unpaired) electrons. The van der Waals surface area contributed by atoms with Gasteiger partial charge in [0.1, 0.15) is 0 Å². The van der Waals surface area contributed by atoms with Gasteiger partial charge in [0, 0.05) is 6.04 Å². The molecule has 100 valence electrons. The van der Waals surface area contributed by atoms with Crippen molar-refractivity contribution in [2.24, 2.45) is 5.73 Å². The Labute approximate surface area is 110 Å². The summed E-state index contributed by atoms with van der Waals surface area (Å²) in [5, 5.41) is 7.90. The van der Waals surface area contributed by atoms with Gasteiger partial charge in [0.25, 0.3) is 0 Å². The Balaban J connectivity index is 2.28. The molecule has 1 atom stereocenters. The molecule has 0 bridgehead atoms. The second kappa shape index (κ2) is 5.40. The average Bonchev–Trinajstić information content (AvgIpc) is 2.38. The van der Waals surface area contributed by atoms with Crippen LogP contribution in [-0.4, -0.2) is 10.2 Å². The standard InChI is InChI=1S/C14H15F2N3/c1-8-6-11(9(2)19-18-8)13(17)7-10-4-3-5-12(15)14(10)16/h3-6,13H,7,17H2,1-2H3. The molecular formula is C14H15F2N3. The zero-order valence-electron chi connectivity index (χ0n) is 10.8. The number of aromatic nitrogens is 2. The Morgan fingerprint density at radius 1 is 1.21 bits per heavy atom. The molecule has 0 aliphatic rings. The molecule has 3 nitrogen and oxygen atoms in total. The first-order valence-electron chi connectivity index (χ1n) is 5.98. The third kappa shape index (κ3) is 2.93. The van der Waals surface area contributed by atoms with Crippen molar-refractivity contribution in [2.75, 3.05) is 0 Å². The van der Waals surface area contributed by atoms with Crippen molar-refractivity contribution in [1.29, 1.82) is 0 Å². The second-order valence-electron chi connectivity index (χ2n) is 4.55. The van der Waals surface area contributed by atoms with Crippen LogP contribution in [0.15, 0.2) is 24.3 Å². The fourth-order valence-electron chi connectivity index (χ4n) is 2.00. The molecule has 2 aromatic rings. The van der Waals surface area contributed by atoms with Crippen molar-refractivity contribution in [3.63, 3.8) is 0 Å². The lowest BCUT2D eigenvalue weighted by Gasteiger charge is -2.15. The third-order valence-corrected chi connectivity index (χ3v) is 3.01. The zero-order chi connectivity index (χ0) is 14.0. The number of hydrogen-bond acceptors (Lipinski definition) is 3. The Kier molecular flexibility index (Phi) is 3.85. The van der Waals surface area contributed by atoms with Crippen molar-refractivity contribution in [2.45, 2.75) is 26.3 Å². The predicted molar refractivity (Wildman–Crippen MR) is 68.5 cm³/mol. The Morgan fingerprint density at radius 3 is 2.68 bits per heavy atom. The molecular weight excluding hydrogens is 248 g/mol. The molecule has 19 heavy (non-hydrogen) atoms. The highest BCUT2D eigenvalue weighted by Crippen LogP contribution is 2.21. The van der Waals surface area contributed by atoms with Crippen LogP contribution in [0.3, 0.4) is 0 Å². The largest absolute Gasteiger partial charge is 0.324 e. The van der Waals surface area contributed by atoms with Crippen LogP contribution in [0.5, 0.6) is 0 Å². The second-order valence-corrected chi connectivity index (χ2v) is 4.55. The van der Waals surface area contributed by atoms with Crippen molar-refractivity contribution in [1.82, 2.24) is 10.2 Å². The minimum Gasteiger partial charge on any atom is -0.324 e. The number of hydrogen-bond donors (Lipinski definition) is 1. The number of benzene rings is 1. The van der Waals surface area contributed by atoms with E-state index in [1.165, 1.54) is 12.1 Å². The minimum atomic E-state index is -0.856. The highest BCUT2D eigenvalue weighted by atomic mass is 19.2. The Morgan fingerprint density at radius 2 is 1.95 bits per heavy atom. The molecule has 0 fully saturated rings. The Hall–Kier alpha value is -1.88. The van der Waals surface area contributed by atoms with Gasteiger partial charge in [-0.3, -0.25) is 0 Å². The van der Waals surface area contributed by atoms with Crippen LogP contribution in [0.2, 0.25) is 0 Å². The lowest BCUT2D eigenvalue weighted by atomic mass is 9.98. The summed E-state index contributed by atoms with van der Waals surface area (Å²) in [5.41, 5.74) is 8.58. The fraction of sp³-hybridized carbons (Fsp3) is 0.286. The van der Waals surface area contributed by atoms with Gasteiger partial charge in [0.2, 0.25) is 0 Å². The van der Waals surface area contributed by atoms with E-state index in [-0.39, 0.29) is 12.0 Å². The van der Waals surface area contributed by atoms with E-state index in [2.05, 4.69) is 10.2 Å². The van der Waals surface area contributed by atoms with E-state index in [1.807, 2.05) is 13.0 Å². The fourth-order valence-corrected chi connectivity index (χ4v) is 2.00. The van der Waals surface area contributed by atoms with Crippen LogP contribution in [0, 0.1) is 25.5 Å². The summed E-state index contributed by atoms with van der Waals surface area (Å²) in [5.74, 6) is -1.69. The normalized spacial score (nSPS) is 12.5. The maximum Gasteiger partial charge on any atom is 0.162 e. The van der Waals surface area contributed by atoms with Crippen LogP contribution < -0.4 is 5.73 Å². The number of nitrogens with two attached hydrogens (primary N) is 1. The maximum atomic E-state index is 13.6. The van der Waals surface area contributed by atoms with Crippen molar-refractivity contribution in [3.05, 3.63) is 58.4 Å². The lowest BCUT2D eigenvalue weighted by molar-refractivity contribution is 0.494. The predicted octanol–water partition coefficient (Wildman–Crippen LogP) is 2.61. The number of aryl methyl sites for hydroxylation is 2. The topological polar surface area (TPSA) is 51.8 Å². The summed E-state index contributed by atoms with van der Waals surface area (Å²) in [6.45, 7) is 3.61. The minimum absolute atomic E-state index is 0.218. The molecule has 1 unspecified atom stereocenters. The van der Waals surface area contributed by atoms with Gasteiger partial charge in [-0.25, -0.2) is 8.78 Å². The molecule has 0 aliphatic heterocycles. The van der Waals surface area contributed by atoms with Crippen molar-refractivity contribution < 1.29 is 8.78 Å².